The van der Waals surface area contributed by atoms with E-state index in [1.54, 1.807) is 0 Å². The quantitative estimate of drug-likeness (QED) is 0.601. The van der Waals surface area contributed by atoms with Crippen molar-refractivity contribution in [3.8, 4) is 5.75 Å². The molecule has 2 rings (SSSR count). The van der Waals surface area contributed by atoms with E-state index in [-0.39, 0.29) is 23.8 Å². The molecule has 0 saturated carbocycles. The number of benzene rings is 1. The van der Waals surface area contributed by atoms with Crippen molar-refractivity contribution in [3.05, 3.63) is 47.6 Å². The molecule has 0 aliphatic rings. The molecule has 11 heteroatoms. The van der Waals surface area contributed by atoms with Crippen molar-refractivity contribution in [1.82, 2.24) is 20.6 Å². The first kappa shape index (κ1) is 20.8. The molecule has 0 radical (unpaired) electrons. The molecule has 8 nitrogen and oxygen atoms in total. The highest BCUT2D eigenvalue weighted by molar-refractivity contribution is 5.92. The Morgan fingerprint density at radius 2 is 2.07 bits per heavy atom. The van der Waals surface area contributed by atoms with E-state index in [9.17, 15) is 22.8 Å². The number of carbonyl (C=O) groups excluding carboxylic acids is 2. The van der Waals surface area contributed by atoms with E-state index < -0.39 is 23.7 Å². The minimum absolute atomic E-state index is 0.0363. The number of alkyl halides is 3. The number of hydrogen-bond acceptors (Lipinski definition) is 4. The number of halogens is 3. The number of hydrogen-bond donors (Lipinski definition) is 4. The van der Waals surface area contributed by atoms with Gasteiger partial charge in [-0.25, -0.2) is 9.78 Å². The van der Waals surface area contributed by atoms with Crippen LogP contribution in [-0.4, -0.2) is 36.1 Å². The fourth-order valence-electron chi connectivity index (χ4n) is 2.27. The molecule has 0 spiro atoms. The van der Waals surface area contributed by atoms with Crippen LogP contribution in [0.4, 0.5) is 23.7 Å². The Morgan fingerprint density at radius 1 is 1.36 bits per heavy atom. The molecule has 0 saturated heterocycles. The molecule has 1 heterocycles. The molecule has 0 aliphatic carbocycles. The predicted octanol–water partition coefficient (Wildman–Crippen LogP) is 2.76. The number of rotatable bonds is 6. The summed E-state index contributed by atoms with van der Waals surface area (Å²) in [7, 11) is 2.71. The van der Waals surface area contributed by atoms with Crippen LogP contribution >= 0.6 is 0 Å². The van der Waals surface area contributed by atoms with Gasteiger partial charge < -0.3 is 25.7 Å². The Balaban J connectivity index is 2.12. The largest absolute Gasteiger partial charge is 0.495 e. The number of carbonyl (C=O) groups is 2. The smallest absolute Gasteiger partial charge is 0.416 e. The number of nitrogens with zero attached hydrogens (tertiary/aromatic N) is 1. The summed E-state index contributed by atoms with van der Waals surface area (Å²) in [4.78, 5) is 30.5. The van der Waals surface area contributed by atoms with Gasteiger partial charge in [-0.2, -0.15) is 13.2 Å². The van der Waals surface area contributed by atoms with Gasteiger partial charge in [0.05, 0.1) is 36.3 Å². The summed E-state index contributed by atoms with van der Waals surface area (Å²) in [5, 5.41) is 7.17. The van der Waals surface area contributed by atoms with Crippen LogP contribution in [-0.2, 0) is 12.7 Å². The monoisotopic (exact) mass is 397 g/mol. The van der Waals surface area contributed by atoms with Crippen molar-refractivity contribution in [2.24, 2.45) is 0 Å². The molecule has 2 aromatic rings. The zero-order valence-electron chi connectivity index (χ0n) is 15.0. The summed E-state index contributed by atoms with van der Waals surface area (Å²) in [5.41, 5.74) is -0.314. The average molecular weight is 397 g/mol. The van der Waals surface area contributed by atoms with Crippen molar-refractivity contribution in [1.29, 1.82) is 0 Å². The number of H-pyrrole nitrogens is 1. The third kappa shape index (κ3) is 4.81. The summed E-state index contributed by atoms with van der Waals surface area (Å²) in [6.45, 7) is 3.50. The summed E-state index contributed by atoms with van der Waals surface area (Å²) >= 11 is 0. The van der Waals surface area contributed by atoms with E-state index in [2.05, 4.69) is 32.5 Å². The van der Waals surface area contributed by atoms with Crippen LogP contribution < -0.4 is 20.7 Å². The van der Waals surface area contributed by atoms with Gasteiger partial charge >= 0.3 is 12.2 Å². The minimum Gasteiger partial charge on any atom is -0.495 e. The number of ether oxygens (including phenoxy) is 1. The van der Waals surface area contributed by atoms with E-state index in [1.165, 1.54) is 20.2 Å². The zero-order chi connectivity index (χ0) is 20.9. The Bertz CT molecular complexity index is 893. The summed E-state index contributed by atoms with van der Waals surface area (Å²) in [5.74, 6) is -0.347. The maximum atomic E-state index is 12.9. The lowest BCUT2D eigenvalue weighted by molar-refractivity contribution is -0.137. The third-order valence-corrected chi connectivity index (χ3v) is 3.65. The van der Waals surface area contributed by atoms with Crippen molar-refractivity contribution in [2.45, 2.75) is 12.7 Å². The van der Waals surface area contributed by atoms with E-state index in [4.69, 9.17) is 4.74 Å². The van der Waals surface area contributed by atoms with Gasteiger partial charge in [0.15, 0.2) is 5.82 Å². The number of aromatic amines is 1. The van der Waals surface area contributed by atoms with Crippen molar-refractivity contribution >= 4 is 23.7 Å². The second-order valence-corrected chi connectivity index (χ2v) is 5.45. The molecular formula is C17H18F3N5O3. The fraction of sp³-hybridized carbons (Fsp3) is 0.235. The Kier molecular flexibility index (Phi) is 6.29. The molecule has 1 aromatic heterocycles. The molecule has 0 fully saturated rings. The van der Waals surface area contributed by atoms with Crippen molar-refractivity contribution in [3.63, 3.8) is 0 Å². The normalized spacial score (nSPS) is 10.9. The number of urea groups is 1. The molecule has 1 aromatic carbocycles. The number of anilines is 1. The van der Waals surface area contributed by atoms with Crippen LogP contribution in [0.1, 0.15) is 27.6 Å². The second kappa shape index (κ2) is 8.46. The predicted molar refractivity (Wildman–Crippen MR) is 95.9 cm³/mol. The van der Waals surface area contributed by atoms with Crippen LogP contribution in [0.2, 0.25) is 0 Å². The molecule has 3 amide bonds. The summed E-state index contributed by atoms with van der Waals surface area (Å²) in [6.07, 6.45) is -3.17. The number of amides is 3. The lowest BCUT2D eigenvalue weighted by Gasteiger charge is -2.14. The lowest BCUT2D eigenvalue weighted by atomic mass is 10.2. The van der Waals surface area contributed by atoms with Crippen molar-refractivity contribution in [2.75, 3.05) is 19.5 Å². The van der Waals surface area contributed by atoms with Crippen molar-refractivity contribution < 1.29 is 27.5 Å². The third-order valence-electron chi connectivity index (χ3n) is 3.65. The zero-order valence-corrected chi connectivity index (χ0v) is 15.0. The van der Waals surface area contributed by atoms with Crippen LogP contribution in [0.15, 0.2) is 24.8 Å². The summed E-state index contributed by atoms with van der Waals surface area (Å²) in [6, 6.07) is 1.96. The number of nitrogens with one attached hydrogen (secondary N) is 4. The molecular weight excluding hydrogens is 379 g/mol. The van der Waals surface area contributed by atoms with E-state index in [0.717, 1.165) is 18.2 Å². The van der Waals surface area contributed by atoms with Crippen LogP contribution in [0, 0.1) is 0 Å². The van der Waals surface area contributed by atoms with Crippen LogP contribution in [0.25, 0.3) is 6.08 Å². The lowest BCUT2D eigenvalue weighted by Crippen LogP contribution is -2.29. The van der Waals surface area contributed by atoms with E-state index in [1.807, 2.05) is 0 Å². The SMILES string of the molecule is C=Cc1nc(C(=O)NC)[nH]c1CNC(=O)Nc1cc(C(F)(F)F)ccc1OC. The number of imidazole rings is 1. The highest BCUT2D eigenvalue weighted by Gasteiger charge is 2.31. The molecule has 0 bridgehead atoms. The Labute approximate surface area is 158 Å². The Morgan fingerprint density at radius 3 is 2.64 bits per heavy atom. The topological polar surface area (TPSA) is 108 Å². The van der Waals surface area contributed by atoms with Gasteiger partial charge in [0.25, 0.3) is 5.91 Å². The van der Waals surface area contributed by atoms with Gasteiger partial charge in [0.1, 0.15) is 5.75 Å². The maximum absolute atomic E-state index is 12.9. The second-order valence-electron chi connectivity index (χ2n) is 5.45. The van der Waals surface area contributed by atoms with Gasteiger partial charge in [-0.3, -0.25) is 4.79 Å². The van der Waals surface area contributed by atoms with Gasteiger partial charge in [-0.15, -0.1) is 0 Å². The van der Waals surface area contributed by atoms with Crippen LogP contribution in [0.5, 0.6) is 5.75 Å². The highest BCUT2D eigenvalue weighted by Crippen LogP contribution is 2.34. The molecule has 0 unspecified atom stereocenters. The fourth-order valence-corrected chi connectivity index (χ4v) is 2.27. The molecule has 0 atom stereocenters. The van der Waals surface area contributed by atoms with E-state index >= 15 is 0 Å². The highest BCUT2D eigenvalue weighted by atomic mass is 19.4. The molecule has 28 heavy (non-hydrogen) atoms. The van der Waals surface area contributed by atoms with Gasteiger partial charge in [-0.05, 0) is 24.3 Å². The number of methoxy groups -OCH3 is 1. The maximum Gasteiger partial charge on any atom is 0.416 e. The standard InChI is InChI=1S/C17H18F3N5O3/c1-4-10-12(24-14(23-10)15(26)21-2)8-22-16(27)25-11-7-9(17(18,19)20)5-6-13(11)28-3/h4-7H,1,8H2,2-3H3,(H,21,26)(H,23,24)(H2,22,25,27). The van der Waals surface area contributed by atoms with Gasteiger partial charge in [0, 0.05) is 7.05 Å². The molecule has 0 aliphatic heterocycles. The average Bonchev–Trinajstić information content (AvgIpc) is 3.08. The first-order valence-electron chi connectivity index (χ1n) is 7.93. The minimum atomic E-state index is -4.57. The van der Waals surface area contributed by atoms with Crippen LogP contribution in [0.3, 0.4) is 0 Å². The first-order chi connectivity index (χ1) is 13.2. The van der Waals surface area contributed by atoms with E-state index in [0.29, 0.717) is 11.4 Å². The first-order valence-corrected chi connectivity index (χ1v) is 7.93. The van der Waals surface area contributed by atoms with Gasteiger partial charge in [0.2, 0.25) is 0 Å². The Hall–Kier alpha value is -3.50. The van der Waals surface area contributed by atoms with Gasteiger partial charge in [-0.1, -0.05) is 6.58 Å². The molecule has 4 N–H and O–H groups in total. The number of aromatic nitrogens is 2. The summed E-state index contributed by atoms with van der Waals surface area (Å²) < 4.78 is 43.6. The molecule has 150 valence electrons.